The number of carboxylic acid groups (broad SMARTS) is 1. The van der Waals surface area contributed by atoms with Crippen molar-refractivity contribution in [1.82, 2.24) is 4.90 Å². The van der Waals surface area contributed by atoms with Crippen LogP contribution in [0.15, 0.2) is 46.3 Å². The first-order valence-electron chi connectivity index (χ1n) is 8.94. The lowest BCUT2D eigenvalue weighted by Gasteiger charge is -2.12. The summed E-state index contributed by atoms with van der Waals surface area (Å²) in [6.07, 6.45) is 1.34. The number of nitrogens with zero attached hydrogens (tertiary/aromatic N) is 3. The molecule has 160 valence electrons. The monoisotopic (exact) mass is 443 g/mol. The maximum Gasteiger partial charge on any atom is 0.335 e. The molecule has 2 N–H and O–H groups in total. The van der Waals surface area contributed by atoms with Crippen LogP contribution >= 0.6 is 11.8 Å². The number of carboxylic acids is 1. The molecule has 0 unspecified atom stereocenters. The van der Waals surface area contributed by atoms with Gasteiger partial charge in [-0.2, -0.15) is 0 Å². The number of aromatic hydroxyl groups is 1. The fraction of sp³-hybridized carbons (Fsp3) is 0.150. The number of aromatic carboxylic acids is 1. The molecule has 31 heavy (non-hydrogen) atoms. The highest BCUT2D eigenvalue weighted by molar-refractivity contribution is 8.18. The van der Waals surface area contributed by atoms with Gasteiger partial charge < -0.3 is 14.9 Å². The Hall–Kier alpha value is -3.86. The van der Waals surface area contributed by atoms with Gasteiger partial charge in [0.05, 0.1) is 34.3 Å². The molecule has 0 aromatic heterocycles. The number of rotatable bonds is 6. The number of likely N-dealkylation sites (N-methyl/N-ethyl adjacent to an activating group) is 1. The molecule has 0 aliphatic carbocycles. The van der Waals surface area contributed by atoms with Crippen molar-refractivity contribution in [3.05, 3.63) is 62.5 Å². The highest BCUT2D eigenvalue weighted by Gasteiger charge is 2.33. The first-order valence-corrected chi connectivity index (χ1v) is 9.75. The summed E-state index contributed by atoms with van der Waals surface area (Å²) in [5, 5.41) is 30.8. The molecule has 10 nitrogen and oxygen atoms in total. The third-order valence-corrected chi connectivity index (χ3v) is 5.36. The lowest BCUT2D eigenvalue weighted by Crippen LogP contribution is -2.28. The summed E-state index contributed by atoms with van der Waals surface area (Å²) in [6.45, 7) is 2.08. The Morgan fingerprint density at radius 3 is 2.55 bits per heavy atom. The van der Waals surface area contributed by atoms with Gasteiger partial charge in [-0.1, -0.05) is 0 Å². The minimum atomic E-state index is -1.06. The van der Waals surface area contributed by atoms with Crippen LogP contribution in [0.1, 0.15) is 22.8 Å². The average molecular weight is 443 g/mol. The third kappa shape index (κ3) is 4.51. The lowest BCUT2D eigenvalue weighted by atomic mass is 10.1. The molecule has 0 bridgehead atoms. The second kappa shape index (κ2) is 8.88. The summed E-state index contributed by atoms with van der Waals surface area (Å²) in [5.74, 6) is -1.85. The van der Waals surface area contributed by atoms with Crippen LogP contribution in [0.2, 0.25) is 0 Å². The smallest absolute Gasteiger partial charge is 0.335 e. The Morgan fingerprint density at radius 1 is 1.32 bits per heavy atom. The highest BCUT2D eigenvalue weighted by Crippen LogP contribution is 2.39. The molecule has 0 spiro atoms. The zero-order chi connectivity index (χ0) is 22.7. The summed E-state index contributed by atoms with van der Waals surface area (Å²) in [7, 11) is 1.27. The minimum Gasteiger partial charge on any atom is -0.504 e. The number of thioether (sulfide) groups is 1. The van der Waals surface area contributed by atoms with E-state index in [2.05, 4.69) is 4.99 Å². The number of phenols is 1. The number of methoxy groups -OCH3 is 1. The Balaban J connectivity index is 2.00. The quantitative estimate of drug-likeness (QED) is 0.391. The van der Waals surface area contributed by atoms with Gasteiger partial charge in [-0.05, 0) is 49.0 Å². The fourth-order valence-electron chi connectivity index (χ4n) is 2.79. The molecule has 0 radical (unpaired) electrons. The number of amides is 1. The standard InChI is InChI=1S/C20H17N3O7S/c1-3-22-18(25)16(9-12-8-14(23(28)29)10-15(30-2)17(12)24)31-20(22)21-13-6-4-11(5-7-13)19(26)27/h4-10,24H,3H2,1-2H3,(H,26,27)/b16-9+,21-20?. The van der Waals surface area contributed by atoms with Crippen LogP contribution in [0, 0.1) is 10.1 Å². The van der Waals surface area contributed by atoms with Gasteiger partial charge in [-0.25, -0.2) is 9.79 Å². The summed E-state index contributed by atoms with van der Waals surface area (Å²) >= 11 is 1.04. The summed E-state index contributed by atoms with van der Waals surface area (Å²) in [4.78, 5) is 40.4. The molecular weight excluding hydrogens is 426 g/mol. The third-order valence-electron chi connectivity index (χ3n) is 4.35. The second-order valence-electron chi connectivity index (χ2n) is 6.25. The number of non-ortho nitro benzene ring substituents is 1. The van der Waals surface area contributed by atoms with Gasteiger partial charge in [0.1, 0.15) is 0 Å². The maximum atomic E-state index is 12.8. The molecule has 1 saturated heterocycles. The van der Waals surface area contributed by atoms with Gasteiger partial charge in [-0.15, -0.1) is 0 Å². The van der Waals surface area contributed by atoms with Crippen molar-refractivity contribution < 1.29 is 29.5 Å². The number of hydrogen-bond donors (Lipinski definition) is 2. The number of ether oxygens (including phenoxy) is 1. The van der Waals surface area contributed by atoms with Crippen molar-refractivity contribution in [2.24, 2.45) is 4.99 Å². The zero-order valence-electron chi connectivity index (χ0n) is 16.4. The number of nitro groups is 1. The van der Waals surface area contributed by atoms with Crippen LogP contribution in [-0.2, 0) is 4.79 Å². The van der Waals surface area contributed by atoms with E-state index in [0.29, 0.717) is 17.4 Å². The number of benzene rings is 2. The minimum absolute atomic E-state index is 0.0602. The van der Waals surface area contributed by atoms with E-state index in [1.54, 1.807) is 6.92 Å². The highest BCUT2D eigenvalue weighted by atomic mass is 32.2. The van der Waals surface area contributed by atoms with Crippen molar-refractivity contribution >= 4 is 46.3 Å². The van der Waals surface area contributed by atoms with Gasteiger partial charge >= 0.3 is 5.97 Å². The average Bonchev–Trinajstić information content (AvgIpc) is 3.03. The number of carbonyl (C=O) groups excluding carboxylic acids is 1. The van der Waals surface area contributed by atoms with Gasteiger partial charge in [-0.3, -0.25) is 19.8 Å². The molecule has 11 heteroatoms. The molecule has 0 saturated carbocycles. The number of aliphatic imine (C=N–C) groups is 1. The van der Waals surface area contributed by atoms with Crippen molar-refractivity contribution in [1.29, 1.82) is 0 Å². The Labute approximate surface area is 180 Å². The van der Waals surface area contributed by atoms with E-state index in [0.717, 1.165) is 23.9 Å². The van der Waals surface area contributed by atoms with Crippen LogP contribution in [0.5, 0.6) is 11.5 Å². The van der Waals surface area contributed by atoms with E-state index in [1.807, 2.05) is 0 Å². The maximum absolute atomic E-state index is 12.8. The van der Waals surface area contributed by atoms with E-state index >= 15 is 0 Å². The molecule has 1 fully saturated rings. The topological polar surface area (TPSA) is 143 Å². The molecule has 2 aromatic carbocycles. The lowest BCUT2D eigenvalue weighted by molar-refractivity contribution is -0.385. The van der Waals surface area contributed by atoms with Crippen LogP contribution in [0.25, 0.3) is 6.08 Å². The van der Waals surface area contributed by atoms with Gasteiger partial charge in [0.2, 0.25) is 0 Å². The molecular formula is C20H17N3O7S. The van der Waals surface area contributed by atoms with E-state index < -0.39 is 10.9 Å². The van der Waals surface area contributed by atoms with E-state index in [9.17, 15) is 24.8 Å². The van der Waals surface area contributed by atoms with Gasteiger partial charge in [0, 0.05) is 18.2 Å². The van der Waals surface area contributed by atoms with E-state index in [1.165, 1.54) is 42.4 Å². The molecule has 3 rings (SSSR count). The van der Waals surface area contributed by atoms with Gasteiger partial charge in [0.25, 0.3) is 11.6 Å². The van der Waals surface area contributed by atoms with E-state index in [4.69, 9.17) is 9.84 Å². The number of nitro benzene ring substituents is 1. The SMILES string of the molecule is CCN1C(=O)/C(=C\c2cc([N+](=O)[O-])cc(OC)c2O)SC1=Nc1ccc(C(=O)O)cc1. The van der Waals surface area contributed by atoms with Gasteiger partial charge in [0.15, 0.2) is 16.7 Å². The molecule has 2 aromatic rings. The van der Waals surface area contributed by atoms with Crippen molar-refractivity contribution in [2.45, 2.75) is 6.92 Å². The fourth-order valence-corrected chi connectivity index (χ4v) is 3.84. The largest absolute Gasteiger partial charge is 0.504 e. The molecule has 0 atom stereocenters. The number of hydrogen-bond acceptors (Lipinski definition) is 8. The van der Waals surface area contributed by atoms with Crippen molar-refractivity contribution in [3.63, 3.8) is 0 Å². The summed E-state index contributed by atoms with van der Waals surface area (Å²) in [5.41, 5.74) is 0.337. The second-order valence-corrected chi connectivity index (χ2v) is 7.26. The van der Waals surface area contributed by atoms with Crippen molar-refractivity contribution in [2.75, 3.05) is 13.7 Å². The molecule has 1 aliphatic rings. The van der Waals surface area contributed by atoms with Crippen molar-refractivity contribution in [3.8, 4) is 11.5 Å². The first kappa shape index (κ1) is 21.8. The summed E-state index contributed by atoms with van der Waals surface area (Å²) < 4.78 is 4.99. The number of carbonyl (C=O) groups is 2. The molecule has 1 heterocycles. The van der Waals surface area contributed by atoms with Crippen LogP contribution in [0.3, 0.4) is 0 Å². The zero-order valence-corrected chi connectivity index (χ0v) is 17.3. The predicted octanol–water partition coefficient (Wildman–Crippen LogP) is 3.63. The number of phenolic OH excluding ortho intramolecular Hbond substituents is 1. The predicted molar refractivity (Wildman–Crippen MR) is 115 cm³/mol. The Bertz CT molecular complexity index is 1130. The van der Waals surface area contributed by atoms with E-state index in [-0.39, 0.29) is 39.1 Å². The molecule has 1 amide bonds. The molecule has 1 aliphatic heterocycles. The Morgan fingerprint density at radius 2 is 2.00 bits per heavy atom. The number of amidine groups is 1. The normalized spacial score (nSPS) is 16.2. The summed E-state index contributed by atoms with van der Waals surface area (Å²) in [6, 6.07) is 8.09. The Kier molecular flexibility index (Phi) is 6.25. The first-order chi connectivity index (χ1) is 14.7. The van der Waals surface area contributed by atoms with Crippen LogP contribution < -0.4 is 4.74 Å². The van der Waals surface area contributed by atoms with Crippen LogP contribution in [0.4, 0.5) is 11.4 Å². The van der Waals surface area contributed by atoms with Crippen LogP contribution in [-0.4, -0.2) is 50.7 Å².